The van der Waals surface area contributed by atoms with Crippen LogP contribution >= 0.6 is 0 Å². The molecule has 242 valence electrons. The number of benzene rings is 2. The molecule has 1 heterocycles. The summed E-state index contributed by atoms with van der Waals surface area (Å²) in [6.45, 7) is 14.0. The molecule has 45 heavy (non-hydrogen) atoms. The Hall–Kier alpha value is -4.44. The van der Waals surface area contributed by atoms with E-state index in [0.29, 0.717) is 11.8 Å². The largest absolute Gasteiger partial charge is 0.514 e. The predicted octanol–water partition coefficient (Wildman–Crippen LogP) is 6.38. The molecule has 2 amide bonds. The second kappa shape index (κ2) is 16.0. The summed E-state index contributed by atoms with van der Waals surface area (Å²) in [5.41, 5.74) is 7.15. The van der Waals surface area contributed by atoms with Crippen molar-refractivity contribution in [3.05, 3.63) is 88.7 Å². The quantitative estimate of drug-likeness (QED) is 0.167. The molecule has 0 spiro atoms. The maximum absolute atomic E-state index is 13.5. The Kier molecular flexibility index (Phi) is 12.5. The molecule has 0 bridgehead atoms. The molecule has 0 aliphatic carbocycles. The zero-order valence-electron chi connectivity index (χ0n) is 27.7. The second-order valence-electron chi connectivity index (χ2n) is 12.1. The van der Waals surface area contributed by atoms with Crippen LogP contribution in [0.4, 0.5) is 4.79 Å². The highest BCUT2D eigenvalue weighted by atomic mass is 16.7. The van der Waals surface area contributed by atoms with E-state index in [-0.39, 0.29) is 35.8 Å². The third kappa shape index (κ3) is 9.52. The molecular weight excluding hydrogens is 572 g/mol. The van der Waals surface area contributed by atoms with Gasteiger partial charge in [0.15, 0.2) is 11.4 Å². The smallest absolute Gasteiger partial charge is 0.493 e. The third-order valence-electron chi connectivity index (χ3n) is 7.22. The first kappa shape index (κ1) is 35.0. The number of aromatic nitrogens is 1. The van der Waals surface area contributed by atoms with Crippen molar-refractivity contribution in [2.75, 3.05) is 20.8 Å². The third-order valence-corrected chi connectivity index (χ3v) is 7.22. The van der Waals surface area contributed by atoms with E-state index in [1.807, 2.05) is 26.0 Å². The normalized spacial score (nSPS) is 12.0. The Morgan fingerprint density at radius 2 is 1.40 bits per heavy atom. The number of pyridine rings is 1. The van der Waals surface area contributed by atoms with Crippen molar-refractivity contribution in [2.24, 2.45) is 5.92 Å². The summed E-state index contributed by atoms with van der Waals surface area (Å²) >= 11 is 0. The Morgan fingerprint density at radius 1 is 0.844 bits per heavy atom. The minimum absolute atomic E-state index is 0.0894. The molecule has 1 aromatic heterocycles. The molecule has 0 unspecified atom stereocenters. The van der Waals surface area contributed by atoms with E-state index in [9.17, 15) is 14.4 Å². The molecule has 1 atom stereocenters. The SMILES string of the molecule is COc1ccnc(C(=O)N[C@@H](C)C(=O)NN(C)C(c2cccc(C(C)C)c2)c2cccc(C(C)C)c2)c1OC(=O)OCC(C)C. The van der Waals surface area contributed by atoms with Gasteiger partial charge in [0.25, 0.3) is 11.8 Å². The van der Waals surface area contributed by atoms with Gasteiger partial charge in [-0.15, -0.1) is 0 Å². The molecule has 10 nitrogen and oxygen atoms in total. The molecule has 0 aliphatic rings. The molecule has 0 saturated heterocycles. The number of methoxy groups -OCH3 is 1. The van der Waals surface area contributed by atoms with Crippen molar-refractivity contribution in [2.45, 2.75) is 72.4 Å². The lowest BCUT2D eigenvalue weighted by atomic mass is 9.91. The highest BCUT2D eigenvalue weighted by Gasteiger charge is 2.28. The summed E-state index contributed by atoms with van der Waals surface area (Å²) in [6, 6.07) is 16.9. The Balaban J connectivity index is 1.83. The van der Waals surface area contributed by atoms with Gasteiger partial charge in [0.2, 0.25) is 5.75 Å². The van der Waals surface area contributed by atoms with Gasteiger partial charge in [-0.1, -0.05) is 90.1 Å². The first-order chi connectivity index (χ1) is 21.3. The highest BCUT2D eigenvalue weighted by molar-refractivity contribution is 5.99. The van der Waals surface area contributed by atoms with Crippen molar-refractivity contribution in [1.29, 1.82) is 0 Å². The number of nitrogens with one attached hydrogen (secondary N) is 2. The average Bonchev–Trinajstić information content (AvgIpc) is 3.00. The molecule has 0 saturated carbocycles. The number of carbonyl (C=O) groups is 3. The molecular formula is C35H46N4O6. The van der Waals surface area contributed by atoms with E-state index in [2.05, 4.69) is 79.8 Å². The highest BCUT2D eigenvalue weighted by Crippen LogP contribution is 2.32. The van der Waals surface area contributed by atoms with Crippen LogP contribution in [-0.4, -0.2) is 54.8 Å². The first-order valence-corrected chi connectivity index (χ1v) is 15.2. The van der Waals surface area contributed by atoms with Crippen molar-refractivity contribution in [1.82, 2.24) is 20.7 Å². The van der Waals surface area contributed by atoms with E-state index in [1.165, 1.54) is 30.5 Å². The first-order valence-electron chi connectivity index (χ1n) is 15.2. The summed E-state index contributed by atoms with van der Waals surface area (Å²) in [6.07, 6.45) is 0.352. The fourth-order valence-electron chi connectivity index (χ4n) is 4.68. The fourth-order valence-corrected chi connectivity index (χ4v) is 4.68. The van der Waals surface area contributed by atoms with Crippen LogP contribution in [0.1, 0.15) is 99.1 Å². The van der Waals surface area contributed by atoms with Crippen LogP contribution in [0.3, 0.4) is 0 Å². The summed E-state index contributed by atoms with van der Waals surface area (Å²) in [4.78, 5) is 43.2. The number of rotatable bonds is 13. The minimum atomic E-state index is -0.995. The minimum Gasteiger partial charge on any atom is -0.493 e. The van der Waals surface area contributed by atoms with E-state index in [0.717, 1.165) is 11.1 Å². The van der Waals surface area contributed by atoms with E-state index >= 15 is 0 Å². The molecule has 3 aromatic rings. The van der Waals surface area contributed by atoms with Crippen molar-refractivity contribution in [3.63, 3.8) is 0 Å². The van der Waals surface area contributed by atoms with Crippen LogP contribution < -0.4 is 20.2 Å². The van der Waals surface area contributed by atoms with E-state index in [1.54, 1.807) is 19.0 Å². The van der Waals surface area contributed by atoms with Gasteiger partial charge < -0.3 is 19.5 Å². The fraction of sp³-hybridized carbons (Fsp3) is 0.429. The number of carbonyl (C=O) groups excluding carboxylic acids is 3. The lowest BCUT2D eigenvalue weighted by Gasteiger charge is -2.31. The lowest BCUT2D eigenvalue weighted by molar-refractivity contribution is -0.127. The number of ether oxygens (including phenoxy) is 3. The van der Waals surface area contributed by atoms with E-state index in [4.69, 9.17) is 14.2 Å². The van der Waals surface area contributed by atoms with Crippen LogP contribution in [0.2, 0.25) is 0 Å². The monoisotopic (exact) mass is 618 g/mol. The molecule has 0 fully saturated rings. The molecule has 2 N–H and O–H groups in total. The summed E-state index contributed by atoms with van der Waals surface area (Å²) in [5.74, 6) is -0.506. The zero-order valence-corrected chi connectivity index (χ0v) is 27.7. The second-order valence-corrected chi connectivity index (χ2v) is 12.1. The van der Waals surface area contributed by atoms with Gasteiger partial charge in [-0.2, -0.15) is 0 Å². The standard InChI is InChI=1S/C35H46N4O6/c1-21(2)20-44-35(42)45-32-29(43-9)16-17-36-30(32)34(41)37-24(7)33(40)38-39(8)31(27-14-10-12-25(18-27)22(3)4)28-15-11-13-26(19-28)23(5)6/h10-19,21-24,31H,20H2,1-9H3,(H,37,41)(H,38,40)/t24-/m0/s1. The van der Waals surface area contributed by atoms with Crippen molar-refractivity contribution < 1.29 is 28.6 Å². The number of hydrogen-bond acceptors (Lipinski definition) is 8. The average molecular weight is 619 g/mol. The molecule has 0 radical (unpaired) electrons. The lowest BCUT2D eigenvalue weighted by Crippen LogP contribution is -2.51. The number of hydrazine groups is 1. The Bertz CT molecular complexity index is 1420. The summed E-state index contributed by atoms with van der Waals surface area (Å²) < 4.78 is 15.7. The number of hydrogen-bond donors (Lipinski definition) is 2. The van der Waals surface area contributed by atoms with Gasteiger partial charge in [0.1, 0.15) is 6.04 Å². The number of amides is 2. The Morgan fingerprint density at radius 3 is 1.91 bits per heavy atom. The molecule has 0 aliphatic heterocycles. The van der Waals surface area contributed by atoms with Crippen LogP contribution in [-0.2, 0) is 9.53 Å². The Labute approximate surface area is 266 Å². The van der Waals surface area contributed by atoms with Crippen LogP contribution in [0, 0.1) is 5.92 Å². The van der Waals surface area contributed by atoms with Gasteiger partial charge in [-0.25, -0.2) is 14.8 Å². The number of nitrogens with zero attached hydrogens (tertiary/aromatic N) is 2. The van der Waals surface area contributed by atoms with Gasteiger partial charge >= 0.3 is 6.16 Å². The van der Waals surface area contributed by atoms with Gasteiger partial charge in [-0.05, 0) is 46.9 Å². The molecule has 10 heteroatoms. The van der Waals surface area contributed by atoms with Crippen LogP contribution in [0.25, 0.3) is 0 Å². The molecule has 2 aromatic carbocycles. The van der Waals surface area contributed by atoms with Crippen molar-refractivity contribution >= 4 is 18.0 Å². The topological polar surface area (TPSA) is 119 Å². The van der Waals surface area contributed by atoms with E-state index < -0.39 is 24.0 Å². The van der Waals surface area contributed by atoms with Crippen LogP contribution in [0.5, 0.6) is 11.5 Å². The van der Waals surface area contributed by atoms with Crippen molar-refractivity contribution in [3.8, 4) is 11.5 Å². The molecule has 3 rings (SSSR count). The maximum Gasteiger partial charge on any atom is 0.514 e. The maximum atomic E-state index is 13.5. The zero-order chi connectivity index (χ0) is 33.3. The van der Waals surface area contributed by atoms with Crippen LogP contribution in [0.15, 0.2) is 60.8 Å². The van der Waals surface area contributed by atoms with Gasteiger partial charge in [0.05, 0.1) is 19.8 Å². The van der Waals surface area contributed by atoms with Gasteiger partial charge in [-0.3, -0.25) is 15.0 Å². The summed E-state index contributed by atoms with van der Waals surface area (Å²) in [7, 11) is 3.18. The summed E-state index contributed by atoms with van der Waals surface area (Å²) in [5, 5.41) is 4.41. The predicted molar refractivity (Wildman–Crippen MR) is 173 cm³/mol. The van der Waals surface area contributed by atoms with Gasteiger partial charge in [0, 0.05) is 19.3 Å².